The zero-order chi connectivity index (χ0) is 13.7. The number of nitrogens with two attached hydrogens (primary N) is 1. The van der Waals surface area contributed by atoms with Gasteiger partial charge < -0.3 is 5.43 Å². The highest BCUT2D eigenvalue weighted by molar-refractivity contribution is 5.33. The number of hydrogen-bond donors (Lipinski definition) is 2. The number of nitrogen functional groups attached to an aromatic ring is 1. The second-order valence-corrected chi connectivity index (χ2v) is 4.42. The molecule has 0 radical (unpaired) electrons. The van der Waals surface area contributed by atoms with Crippen LogP contribution in [0.4, 0.5) is 10.2 Å². The Labute approximate surface area is 112 Å². The summed E-state index contributed by atoms with van der Waals surface area (Å²) in [7, 11) is 1.93. The van der Waals surface area contributed by atoms with Crippen molar-refractivity contribution in [1.82, 2.24) is 9.88 Å². The quantitative estimate of drug-likeness (QED) is 0.639. The van der Waals surface area contributed by atoms with Crippen molar-refractivity contribution in [1.29, 1.82) is 0 Å². The third-order valence-corrected chi connectivity index (χ3v) is 2.78. The molecule has 2 rings (SSSR count). The Morgan fingerprint density at radius 3 is 2.68 bits per heavy atom. The first-order chi connectivity index (χ1) is 9.19. The average Bonchev–Trinajstić information content (AvgIpc) is 2.41. The number of halogens is 1. The highest BCUT2D eigenvalue weighted by Gasteiger charge is 2.06. The van der Waals surface area contributed by atoms with Gasteiger partial charge in [0.1, 0.15) is 11.6 Å². The summed E-state index contributed by atoms with van der Waals surface area (Å²) in [5.74, 6) is 5.76. The van der Waals surface area contributed by atoms with Crippen LogP contribution in [0.2, 0.25) is 0 Å². The summed E-state index contributed by atoms with van der Waals surface area (Å²) in [5, 5.41) is 0. The van der Waals surface area contributed by atoms with E-state index >= 15 is 0 Å². The molecule has 1 aromatic carbocycles. The second-order valence-electron chi connectivity index (χ2n) is 4.42. The molecule has 2 aromatic rings. The third kappa shape index (κ3) is 3.74. The Bertz CT molecular complexity index is 544. The summed E-state index contributed by atoms with van der Waals surface area (Å²) in [5.41, 5.74) is 4.07. The molecule has 0 unspecified atom stereocenters. The van der Waals surface area contributed by atoms with Crippen LogP contribution in [0.5, 0.6) is 0 Å². The van der Waals surface area contributed by atoms with E-state index in [-0.39, 0.29) is 5.82 Å². The predicted octanol–water partition coefficient (Wildman–Crippen LogP) is 2.14. The van der Waals surface area contributed by atoms with E-state index in [9.17, 15) is 4.39 Å². The molecule has 19 heavy (non-hydrogen) atoms. The standard InChI is InChI=1S/C14H17FN4/c1-19(9-11-5-2-3-7-13(11)15)10-12-6-4-8-14(17-12)18-16/h2-8H,9-10,16H2,1H3,(H,17,18). The number of nitrogens with zero attached hydrogens (tertiary/aromatic N) is 2. The summed E-state index contributed by atoms with van der Waals surface area (Å²) in [4.78, 5) is 6.32. The lowest BCUT2D eigenvalue weighted by atomic mass is 10.2. The number of benzene rings is 1. The number of nitrogens with one attached hydrogen (secondary N) is 1. The summed E-state index contributed by atoms with van der Waals surface area (Å²) in [6.45, 7) is 1.17. The maximum absolute atomic E-state index is 13.5. The second kappa shape index (κ2) is 6.26. The molecule has 0 saturated carbocycles. The Morgan fingerprint density at radius 1 is 1.16 bits per heavy atom. The van der Waals surface area contributed by atoms with Gasteiger partial charge in [0, 0.05) is 18.7 Å². The topological polar surface area (TPSA) is 54.2 Å². The molecular formula is C14H17FN4. The first-order valence-electron chi connectivity index (χ1n) is 6.03. The van der Waals surface area contributed by atoms with Gasteiger partial charge in [-0.05, 0) is 25.2 Å². The van der Waals surface area contributed by atoms with Crippen molar-refractivity contribution in [3.8, 4) is 0 Å². The fraction of sp³-hybridized carbons (Fsp3) is 0.214. The molecule has 0 bridgehead atoms. The van der Waals surface area contributed by atoms with Crippen LogP contribution in [-0.2, 0) is 13.1 Å². The number of rotatable bonds is 5. The summed E-state index contributed by atoms with van der Waals surface area (Å²) in [6, 6.07) is 12.4. The molecule has 0 aliphatic heterocycles. The molecule has 100 valence electrons. The molecule has 0 saturated heterocycles. The molecule has 0 atom stereocenters. The summed E-state index contributed by atoms with van der Waals surface area (Å²) < 4.78 is 13.5. The van der Waals surface area contributed by atoms with Crippen LogP contribution in [0.15, 0.2) is 42.5 Å². The maximum atomic E-state index is 13.5. The molecule has 1 heterocycles. The molecule has 0 aliphatic carbocycles. The van der Waals surface area contributed by atoms with Gasteiger partial charge in [-0.1, -0.05) is 24.3 Å². The largest absolute Gasteiger partial charge is 0.308 e. The van der Waals surface area contributed by atoms with Gasteiger partial charge in [0.2, 0.25) is 0 Å². The number of pyridine rings is 1. The Hall–Kier alpha value is -1.98. The van der Waals surface area contributed by atoms with Crippen LogP contribution in [0.3, 0.4) is 0 Å². The van der Waals surface area contributed by atoms with Crippen LogP contribution in [0.1, 0.15) is 11.3 Å². The van der Waals surface area contributed by atoms with E-state index < -0.39 is 0 Å². The molecule has 3 N–H and O–H groups in total. The van der Waals surface area contributed by atoms with Crippen LogP contribution in [0, 0.1) is 5.82 Å². The number of anilines is 1. The van der Waals surface area contributed by atoms with Crippen LogP contribution in [0.25, 0.3) is 0 Å². The molecule has 0 spiro atoms. The molecule has 1 aromatic heterocycles. The first kappa shape index (κ1) is 13.5. The van der Waals surface area contributed by atoms with Crippen molar-refractivity contribution >= 4 is 5.82 Å². The lowest BCUT2D eigenvalue weighted by molar-refractivity contribution is 0.310. The average molecular weight is 260 g/mol. The minimum absolute atomic E-state index is 0.181. The van der Waals surface area contributed by atoms with Gasteiger partial charge in [-0.2, -0.15) is 0 Å². The highest BCUT2D eigenvalue weighted by Crippen LogP contribution is 2.11. The van der Waals surface area contributed by atoms with Crippen LogP contribution < -0.4 is 11.3 Å². The number of hydrazine groups is 1. The minimum Gasteiger partial charge on any atom is -0.308 e. The monoisotopic (exact) mass is 260 g/mol. The lowest BCUT2D eigenvalue weighted by Gasteiger charge is -2.17. The van der Waals surface area contributed by atoms with Crippen LogP contribution in [-0.4, -0.2) is 16.9 Å². The maximum Gasteiger partial charge on any atom is 0.140 e. The number of aromatic nitrogens is 1. The SMILES string of the molecule is CN(Cc1cccc(NN)n1)Cc1ccccc1F. The van der Waals surface area contributed by atoms with Gasteiger partial charge in [-0.15, -0.1) is 0 Å². The van der Waals surface area contributed by atoms with E-state index in [0.29, 0.717) is 24.5 Å². The van der Waals surface area contributed by atoms with Crippen LogP contribution >= 0.6 is 0 Å². The van der Waals surface area contributed by atoms with Crippen molar-refractivity contribution in [2.45, 2.75) is 13.1 Å². The van der Waals surface area contributed by atoms with Gasteiger partial charge in [-0.3, -0.25) is 4.90 Å². The fourth-order valence-corrected chi connectivity index (χ4v) is 1.90. The first-order valence-corrected chi connectivity index (χ1v) is 6.03. The molecule has 0 fully saturated rings. The predicted molar refractivity (Wildman–Crippen MR) is 73.6 cm³/mol. The third-order valence-electron chi connectivity index (χ3n) is 2.78. The van der Waals surface area contributed by atoms with E-state index in [1.807, 2.05) is 30.1 Å². The van der Waals surface area contributed by atoms with Crippen molar-refractivity contribution in [3.63, 3.8) is 0 Å². The smallest absolute Gasteiger partial charge is 0.140 e. The summed E-state index contributed by atoms with van der Waals surface area (Å²) >= 11 is 0. The van der Waals surface area contributed by atoms with Gasteiger partial charge in [0.15, 0.2) is 0 Å². The normalized spacial score (nSPS) is 10.7. The van der Waals surface area contributed by atoms with Crippen molar-refractivity contribution < 1.29 is 4.39 Å². The zero-order valence-corrected chi connectivity index (χ0v) is 10.8. The van der Waals surface area contributed by atoms with Crippen molar-refractivity contribution in [2.24, 2.45) is 5.84 Å². The van der Waals surface area contributed by atoms with Gasteiger partial charge in [-0.25, -0.2) is 15.2 Å². The molecular weight excluding hydrogens is 243 g/mol. The highest BCUT2D eigenvalue weighted by atomic mass is 19.1. The van der Waals surface area contributed by atoms with Crippen molar-refractivity contribution in [3.05, 3.63) is 59.5 Å². The van der Waals surface area contributed by atoms with E-state index in [2.05, 4.69) is 10.4 Å². The van der Waals surface area contributed by atoms with Gasteiger partial charge >= 0.3 is 0 Å². The Kier molecular flexibility index (Phi) is 4.43. The molecule has 4 nitrogen and oxygen atoms in total. The van der Waals surface area contributed by atoms with E-state index in [4.69, 9.17) is 5.84 Å². The lowest BCUT2D eigenvalue weighted by Crippen LogP contribution is -2.19. The Balaban J connectivity index is 2.01. The Morgan fingerprint density at radius 2 is 1.95 bits per heavy atom. The number of hydrogen-bond acceptors (Lipinski definition) is 4. The molecule has 5 heteroatoms. The van der Waals surface area contributed by atoms with E-state index in [1.54, 1.807) is 18.2 Å². The van der Waals surface area contributed by atoms with Gasteiger partial charge in [0.05, 0.1) is 5.69 Å². The fourth-order valence-electron chi connectivity index (χ4n) is 1.90. The van der Waals surface area contributed by atoms with Crippen molar-refractivity contribution in [2.75, 3.05) is 12.5 Å². The molecule has 0 amide bonds. The summed E-state index contributed by atoms with van der Waals surface area (Å²) in [6.07, 6.45) is 0. The molecule has 0 aliphatic rings. The van der Waals surface area contributed by atoms with E-state index in [0.717, 1.165) is 5.69 Å². The van der Waals surface area contributed by atoms with Gasteiger partial charge in [0.25, 0.3) is 0 Å². The van der Waals surface area contributed by atoms with E-state index in [1.165, 1.54) is 6.07 Å². The minimum atomic E-state index is -0.181. The zero-order valence-electron chi connectivity index (χ0n) is 10.8.